The average molecular weight is 454 g/mol. The van der Waals surface area contributed by atoms with E-state index in [1.54, 1.807) is 45.0 Å². The van der Waals surface area contributed by atoms with E-state index in [1.165, 1.54) is 0 Å². The van der Waals surface area contributed by atoms with Crippen molar-refractivity contribution in [3.8, 4) is 0 Å². The summed E-state index contributed by atoms with van der Waals surface area (Å²) in [6.07, 6.45) is -0.221. The fourth-order valence-corrected chi connectivity index (χ4v) is 4.36. The van der Waals surface area contributed by atoms with Gasteiger partial charge in [0.2, 0.25) is 4.38 Å². The summed E-state index contributed by atoms with van der Waals surface area (Å²) in [7, 11) is 0. The number of fused-ring (bicyclic) bond motifs is 1. The van der Waals surface area contributed by atoms with E-state index in [0.29, 0.717) is 6.61 Å². The molecule has 0 spiro atoms. The molecule has 0 aliphatic carbocycles. The van der Waals surface area contributed by atoms with Crippen molar-refractivity contribution in [1.82, 2.24) is 4.90 Å². The Morgan fingerprint density at radius 2 is 1.40 bits per heavy atom. The highest BCUT2D eigenvalue weighted by atomic mass is 32.2. The van der Waals surface area contributed by atoms with E-state index >= 15 is 0 Å². The van der Waals surface area contributed by atoms with Gasteiger partial charge in [-0.1, -0.05) is 23.9 Å². The van der Waals surface area contributed by atoms with Gasteiger partial charge in [-0.15, -0.1) is 0 Å². The molecule has 0 fully saturated rings. The van der Waals surface area contributed by atoms with Gasteiger partial charge in [-0.05, 0) is 45.1 Å². The Bertz CT molecular complexity index is 789. The predicted octanol–water partition coefficient (Wildman–Crippen LogP) is 2.80. The maximum atomic E-state index is 12.9. The topological polar surface area (TPSA) is 99.2 Å². The van der Waals surface area contributed by atoms with Crippen LogP contribution in [0.25, 0.3) is 0 Å². The summed E-state index contributed by atoms with van der Waals surface area (Å²) in [5, 5.41) is -0.963. The largest absolute Gasteiger partial charge is 0.479 e. The number of thiocarbonyl (C=S) groups is 1. The number of benzene rings is 1. The third-order valence-electron chi connectivity index (χ3n) is 4.19. The molecule has 0 saturated heterocycles. The number of nitrogens with zero attached hydrogens (tertiary/aromatic N) is 1. The predicted molar refractivity (Wildman–Crippen MR) is 114 cm³/mol. The lowest BCUT2D eigenvalue weighted by Gasteiger charge is -2.27. The Labute approximate surface area is 184 Å². The second-order valence-electron chi connectivity index (χ2n) is 6.07. The van der Waals surface area contributed by atoms with Gasteiger partial charge in [0, 0.05) is 6.42 Å². The fraction of sp³-hybridized carbons (Fsp3) is 0.450. The van der Waals surface area contributed by atoms with Gasteiger partial charge in [0.1, 0.15) is 0 Å². The van der Waals surface area contributed by atoms with Crippen LogP contribution in [0.15, 0.2) is 24.3 Å². The van der Waals surface area contributed by atoms with E-state index < -0.39 is 35.0 Å². The van der Waals surface area contributed by atoms with Crippen molar-refractivity contribution < 1.29 is 33.4 Å². The molecule has 1 aromatic rings. The summed E-state index contributed by atoms with van der Waals surface area (Å²) in [6, 6.07) is 6.40. The van der Waals surface area contributed by atoms with Gasteiger partial charge in [-0.3, -0.25) is 24.1 Å². The molecule has 1 unspecified atom stereocenters. The maximum absolute atomic E-state index is 12.9. The molecule has 2 amide bonds. The van der Waals surface area contributed by atoms with Crippen LogP contribution in [0.1, 0.15) is 47.9 Å². The highest BCUT2D eigenvalue weighted by molar-refractivity contribution is 8.23. The number of ether oxygens (including phenoxy) is 3. The van der Waals surface area contributed by atoms with Crippen LogP contribution >= 0.6 is 24.0 Å². The van der Waals surface area contributed by atoms with Crippen molar-refractivity contribution in [3.63, 3.8) is 0 Å². The number of thioether (sulfide) groups is 1. The molecule has 2 rings (SSSR count). The van der Waals surface area contributed by atoms with Crippen molar-refractivity contribution in [1.29, 1.82) is 0 Å². The Morgan fingerprint density at radius 1 is 0.933 bits per heavy atom. The molecule has 30 heavy (non-hydrogen) atoms. The van der Waals surface area contributed by atoms with Gasteiger partial charge < -0.3 is 14.2 Å². The summed E-state index contributed by atoms with van der Waals surface area (Å²) >= 11 is 6.10. The number of hydrogen-bond donors (Lipinski definition) is 0. The van der Waals surface area contributed by atoms with Crippen LogP contribution in [-0.2, 0) is 23.8 Å². The van der Waals surface area contributed by atoms with Crippen molar-refractivity contribution in [2.24, 2.45) is 5.92 Å². The van der Waals surface area contributed by atoms with Gasteiger partial charge in [0.05, 0.1) is 36.3 Å². The molecular formula is C20H23NO7S2. The normalized spacial score (nSPS) is 13.8. The van der Waals surface area contributed by atoms with Crippen LogP contribution in [0.3, 0.4) is 0 Å². The molecule has 0 radical (unpaired) electrons. The lowest BCUT2D eigenvalue weighted by molar-refractivity contribution is -0.162. The molecule has 1 aliphatic rings. The number of amides is 2. The quantitative estimate of drug-likeness (QED) is 0.242. The van der Waals surface area contributed by atoms with E-state index in [9.17, 15) is 19.2 Å². The first kappa shape index (κ1) is 23.8. The lowest BCUT2D eigenvalue weighted by Crippen LogP contribution is -2.42. The zero-order valence-electron chi connectivity index (χ0n) is 16.9. The standard InChI is InChI=1S/C20H23NO7S2/c1-4-26-18(24)14(19(25)27-5-2)11-15(30-20(29)28-6-3)21-16(22)12-9-7-8-10-13(12)17(21)23/h7-10,14-15H,4-6,11H2,1-3H3. The van der Waals surface area contributed by atoms with Crippen molar-refractivity contribution in [2.75, 3.05) is 19.8 Å². The SMILES string of the molecule is CCOC(=O)C(CC(SC(=S)OCC)N1C(=O)c2ccccc2C1=O)C(=O)OCC. The van der Waals surface area contributed by atoms with E-state index in [4.69, 9.17) is 26.4 Å². The fourth-order valence-electron chi connectivity index (χ4n) is 2.91. The van der Waals surface area contributed by atoms with Crippen LogP contribution in [-0.4, -0.2) is 58.2 Å². The molecule has 0 aromatic heterocycles. The van der Waals surface area contributed by atoms with Gasteiger partial charge in [-0.2, -0.15) is 0 Å². The zero-order valence-corrected chi connectivity index (χ0v) is 18.5. The Hall–Kier alpha value is -2.46. The minimum atomic E-state index is -1.32. The number of esters is 2. The van der Waals surface area contributed by atoms with Crippen LogP contribution in [0.5, 0.6) is 0 Å². The molecule has 1 heterocycles. The van der Waals surface area contributed by atoms with Gasteiger partial charge >= 0.3 is 11.9 Å². The number of hydrogen-bond acceptors (Lipinski definition) is 9. The summed E-state index contributed by atoms with van der Waals surface area (Å²) in [5.41, 5.74) is 0.499. The third kappa shape index (κ3) is 5.37. The van der Waals surface area contributed by atoms with Gasteiger partial charge in [-0.25, -0.2) is 0 Å². The maximum Gasteiger partial charge on any atom is 0.320 e. The molecule has 8 nitrogen and oxygen atoms in total. The molecule has 162 valence electrons. The Kier molecular flexibility index (Phi) is 8.79. The second kappa shape index (κ2) is 11.1. The van der Waals surface area contributed by atoms with Crippen LogP contribution < -0.4 is 0 Å². The second-order valence-corrected chi connectivity index (χ2v) is 7.85. The van der Waals surface area contributed by atoms with E-state index in [2.05, 4.69) is 0 Å². The summed E-state index contributed by atoms with van der Waals surface area (Å²) < 4.78 is 15.4. The van der Waals surface area contributed by atoms with E-state index in [1.807, 2.05) is 0 Å². The third-order valence-corrected chi connectivity index (χ3v) is 5.58. The van der Waals surface area contributed by atoms with Crippen molar-refractivity contribution in [2.45, 2.75) is 32.6 Å². The van der Waals surface area contributed by atoms with Gasteiger partial charge in [0.25, 0.3) is 11.8 Å². The molecule has 0 N–H and O–H groups in total. The minimum Gasteiger partial charge on any atom is -0.479 e. The van der Waals surface area contributed by atoms with Gasteiger partial charge in [0.15, 0.2) is 5.92 Å². The molecule has 1 atom stereocenters. The average Bonchev–Trinajstić information content (AvgIpc) is 2.96. The zero-order chi connectivity index (χ0) is 22.3. The first-order chi connectivity index (χ1) is 14.3. The van der Waals surface area contributed by atoms with Crippen molar-refractivity contribution in [3.05, 3.63) is 35.4 Å². The van der Waals surface area contributed by atoms with Crippen molar-refractivity contribution >= 4 is 52.1 Å². The minimum absolute atomic E-state index is 0.0664. The number of rotatable bonds is 9. The van der Waals surface area contributed by atoms with Crippen LogP contribution in [0, 0.1) is 5.92 Å². The first-order valence-electron chi connectivity index (χ1n) is 9.49. The summed E-state index contributed by atoms with van der Waals surface area (Å²) in [5.74, 6) is -3.96. The highest BCUT2D eigenvalue weighted by Crippen LogP contribution is 2.33. The molecule has 10 heteroatoms. The Balaban J connectivity index is 2.38. The van der Waals surface area contributed by atoms with E-state index in [-0.39, 0.29) is 35.1 Å². The highest BCUT2D eigenvalue weighted by Gasteiger charge is 2.44. The summed E-state index contributed by atoms with van der Waals surface area (Å²) in [4.78, 5) is 51.7. The smallest absolute Gasteiger partial charge is 0.320 e. The lowest BCUT2D eigenvalue weighted by atomic mass is 10.1. The van der Waals surface area contributed by atoms with Crippen LogP contribution in [0.4, 0.5) is 0 Å². The number of carbonyl (C=O) groups is 4. The molecule has 1 aliphatic heterocycles. The molecule has 0 bridgehead atoms. The number of carbonyl (C=O) groups excluding carboxylic acids is 4. The van der Waals surface area contributed by atoms with Crippen LogP contribution in [0.2, 0.25) is 0 Å². The molecular weight excluding hydrogens is 430 g/mol. The van der Waals surface area contributed by atoms with E-state index in [0.717, 1.165) is 16.7 Å². The Morgan fingerprint density at radius 3 is 1.83 bits per heavy atom. The number of imide groups is 1. The molecule has 1 aromatic carbocycles. The first-order valence-corrected chi connectivity index (χ1v) is 10.8. The monoisotopic (exact) mass is 453 g/mol. The summed E-state index contributed by atoms with van der Waals surface area (Å²) in [6.45, 7) is 5.39. The molecule has 0 saturated carbocycles.